The molecule has 5 nitrogen and oxygen atoms in total. The van der Waals surface area contributed by atoms with Crippen molar-refractivity contribution in [2.24, 2.45) is 0 Å². The smallest absolute Gasteiger partial charge is 0.293 e. The highest BCUT2D eigenvalue weighted by Gasteiger charge is 2.22. The quantitative estimate of drug-likeness (QED) is 0.945. The van der Waals surface area contributed by atoms with Crippen molar-refractivity contribution < 1.29 is 9.21 Å². The lowest BCUT2D eigenvalue weighted by atomic mass is 10.4. The van der Waals surface area contributed by atoms with Crippen LogP contribution in [0.1, 0.15) is 23.4 Å². The Hall–Kier alpha value is -1.53. The van der Waals surface area contributed by atoms with Gasteiger partial charge in [0, 0.05) is 30.7 Å². The largest absolute Gasteiger partial charge is 0.434 e. The van der Waals surface area contributed by atoms with Crippen molar-refractivity contribution in [3.05, 3.63) is 28.4 Å². The van der Waals surface area contributed by atoms with Crippen molar-refractivity contribution in [1.82, 2.24) is 4.98 Å². The van der Waals surface area contributed by atoms with Gasteiger partial charge in [-0.15, -0.1) is 11.3 Å². The molecule has 0 saturated carbocycles. The predicted octanol–water partition coefficient (Wildman–Crippen LogP) is 3.24. The van der Waals surface area contributed by atoms with Crippen LogP contribution in [0.15, 0.2) is 22.1 Å². The zero-order valence-electron chi connectivity index (χ0n) is 10.1. The molecule has 3 heterocycles. The Balaban J connectivity index is 1.77. The summed E-state index contributed by atoms with van der Waals surface area (Å²) in [6.45, 7) is 1.83. The van der Waals surface area contributed by atoms with Crippen molar-refractivity contribution in [3.63, 3.8) is 0 Å². The number of furan rings is 1. The molecule has 0 bridgehead atoms. The zero-order chi connectivity index (χ0) is 13.2. The number of nitrogens with one attached hydrogen (secondary N) is 1. The molecule has 7 heteroatoms. The second kappa shape index (κ2) is 5.22. The second-order valence-corrected chi connectivity index (χ2v) is 5.55. The monoisotopic (exact) mass is 297 g/mol. The second-order valence-electron chi connectivity index (χ2n) is 4.25. The fourth-order valence-corrected chi connectivity index (χ4v) is 2.83. The first-order valence-electron chi connectivity index (χ1n) is 5.99. The van der Waals surface area contributed by atoms with Crippen LogP contribution < -0.4 is 10.2 Å². The molecule has 0 atom stereocenters. The summed E-state index contributed by atoms with van der Waals surface area (Å²) in [6.07, 6.45) is 3.88. The number of thiazole rings is 1. The Morgan fingerprint density at radius 1 is 1.47 bits per heavy atom. The van der Waals surface area contributed by atoms with Crippen molar-refractivity contribution in [2.45, 2.75) is 12.8 Å². The average Bonchev–Trinajstić information content (AvgIpc) is 3.07. The van der Waals surface area contributed by atoms with Gasteiger partial charge in [0.2, 0.25) is 5.88 Å². The van der Waals surface area contributed by atoms with Crippen molar-refractivity contribution in [2.75, 3.05) is 23.3 Å². The number of hydrogen-bond acceptors (Lipinski definition) is 5. The van der Waals surface area contributed by atoms with Crippen LogP contribution in [0.4, 0.5) is 11.0 Å². The molecule has 0 spiro atoms. The van der Waals surface area contributed by atoms with Gasteiger partial charge >= 0.3 is 0 Å². The molecule has 1 amide bonds. The van der Waals surface area contributed by atoms with Gasteiger partial charge in [-0.25, -0.2) is 4.98 Å². The molecule has 1 aliphatic heterocycles. The Kier molecular flexibility index (Phi) is 3.44. The van der Waals surface area contributed by atoms with Crippen LogP contribution in [0.5, 0.6) is 0 Å². The Labute approximate surface area is 119 Å². The van der Waals surface area contributed by atoms with E-state index in [2.05, 4.69) is 15.2 Å². The fourth-order valence-electron chi connectivity index (χ4n) is 2.05. The maximum absolute atomic E-state index is 12.0. The third-order valence-electron chi connectivity index (χ3n) is 2.94. The van der Waals surface area contributed by atoms with Gasteiger partial charge in [0.1, 0.15) is 5.02 Å². The molecule has 2 aromatic rings. The van der Waals surface area contributed by atoms with E-state index in [1.165, 1.54) is 11.3 Å². The fraction of sp³-hybridized carbons (Fsp3) is 0.333. The topological polar surface area (TPSA) is 58.4 Å². The molecule has 2 aromatic heterocycles. The summed E-state index contributed by atoms with van der Waals surface area (Å²) >= 11 is 7.48. The summed E-state index contributed by atoms with van der Waals surface area (Å²) in [5.74, 6) is 0.466. The molecule has 0 aliphatic carbocycles. The lowest BCUT2D eigenvalue weighted by Crippen LogP contribution is -2.17. The highest BCUT2D eigenvalue weighted by atomic mass is 35.5. The molecule has 0 aromatic carbocycles. The molecular weight excluding hydrogens is 286 g/mol. The summed E-state index contributed by atoms with van der Waals surface area (Å²) in [5, 5.41) is 5.48. The Morgan fingerprint density at radius 3 is 2.95 bits per heavy atom. The van der Waals surface area contributed by atoms with Crippen LogP contribution in [0.25, 0.3) is 0 Å². The number of amides is 1. The molecule has 0 unspecified atom stereocenters. The summed E-state index contributed by atoms with van der Waals surface area (Å²) in [6, 6.07) is 1.55. The van der Waals surface area contributed by atoms with Gasteiger partial charge < -0.3 is 9.32 Å². The lowest BCUT2D eigenvalue weighted by molar-refractivity contribution is 0.0997. The summed E-state index contributed by atoms with van der Waals surface area (Å²) in [5.41, 5.74) is 0. The number of halogens is 1. The summed E-state index contributed by atoms with van der Waals surface area (Å²) < 4.78 is 5.57. The van der Waals surface area contributed by atoms with Crippen LogP contribution in [0.3, 0.4) is 0 Å². The zero-order valence-corrected chi connectivity index (χ0v) is 11.6. The minimum Gasteiger partial charge on any atom is -0.434 e. The van der Waals surface area contributed by atoms with Gasteiger partial charge in [0.15, 0.2) is 10.9 Å². The van der Waals surface area contributed by atoms with E-state index in [0.717, 1.165) is 25.9 Å². The molecule has 0 radical (unpaired) electrons. The summed E-state index contributed by atoms with van der Waals surface area (Å²) in [7, 11) is 0. The lowest BCUT2D eigenvalue weighted by Gasteiger charge is -2.13. The number of nitrogens with zero attached hydrogens (tertiary/aromatic N) is 2. The van der Waals surface area contributed by atoms with Crippen LogP contribution in [-0.4, -0.2) is 24.0 Å². The van der Waals surface area contributed by atoms with Gasteiger partial charge in [0.05, 0.1) is 0 Å². The first-order valence-corrected chi connectivity index (χ1v) is 7.25. The molecule has 1 fully saturated rings. The average molecular weight is 298 g/mol. The van der Waals surface area contributed by atoms with E-state index in [0.29, 0.717) is 16.0 Å². The summed E-state index contributed by atoms with van der Waals surface area (Å²) in [4.78, 5) is 18.0. The number of aromatic nitrogens is 1. The molecule has 19 heavy (non-hydrogen) atoms. The number of carbonyl (C=O) groups is 1. The Morgan fingerprint density at radius 2 is 2.26 bits per heavy atom. The van der Waals surface area contributed by atoms with Gasteiger partial charge in [0.25, 0.3) is 5.91 Å². The van der Waals surface area contributed by atoms with E-state index in [9.17, 15) is 4.79 Å². The van der Waals surface area contributed by atoms with Crippen LogP contribution in [0, 0.1) is 0 Å². The standard InChI is InChI=1S/C12H12ClN3O2S/c13-8-7-9(10(17)15-12-14-3-6-19-12)18-11(8)16-4-1-2-5-16/h3,6-7H,1-2,4-5H2,(H,14,15,17). The van der Waals surface area contributed by atoms with E-state index in [1.807, 2.05) is 0 Å². The third-order valence-corrected chi connectivity index (χ3v) is 3.90. The van der Waals surface area contributed by atoms with Crippen LogP contribution >= 0.6 is 22.9 Å². The first kappa shape index (κ1) is 12.5. The third kappa shape index (κ3) is 2.59. The molecule has 1 saturated heterocycles. The molecule has 1 aliphatic rings. The van der Waals surface area contributed by atoms with Crippen LogP contribution in [0.2, 0.25) is 5.02 Å². The van der Waals surface area contributed by atoms with E-state index < -0.39 is 0 Å². The molecule has 1 N–H and O–H groups in total. The van der Waals surface area contributed by atoms with Gasteiger partial charge in [-0.1, -0.05) is 11.6 Å². The molecule has 3 rings (SSSR count). The SMILES string of the molecule is O=C(Nc1nccs1)c1cc(Cl)c(N2CCCC2)o1. The number of carbonyl (C=O) groups excluding carboxylic acids is 1. The maximum Gasteiger partial charge on any atom is 0.293 e. The van der Waals surface area contributed by atoms with Crippen LogP contribution in [-0.2, 0) is 0 Å². The van der Waals surface area contributed by atoms with Crippen molar-refractivity contribution in [3.8, 4) is 0 Å². The predicted molar refractivity (Wildman–Crippen MR) is 75.2 cm³/mol. The van der Waals surface area contributed by atoms with Crippen molar-refractivity contribution >= 4 is 39.9 Å². The number of hydrogen-bond donors (Lipinski definition) is 1. The number of anilines is 2. The highest BCUT2D eigenvalue weighted by Crippen LogP contribution is 2.32. The van der Waals surface area contributed by atoms with E-state index in [4.69, 9.17) is 16.0 Å². The van der Waals surface area contributed by atoms with Gasteiger partial charge in [-0.3, -0.25) is 10.1 Å². The normalized spacial score (nSPS) is 14.9. The number of rotatable bonds is 3. The first-order chi connectivity index (χ1) is 9.24. The van der Waals surface area contributed by atoms with E-state index in [1.54, 1.807) is 17.6 Å². The van der Waals surface area contributed by atoms with Gasteiger partial charge in [-0.05, 0) is 12.8 Å². The Bertz CT molecular complexity index is 576. The van der Waals surface area contributed by atoms with Gasteiger partial charge in [-0.2, -0.15) is 0 Å². The maximum atomic E-state index is 12.0. The minimum absolute atomic E-state index is 0.210. The van der Waals surface area contributed by atoms with E-state index in [-0.39, 0.29) is 11.7 Å². The highest BCUT2D eigenvalue weighted by molar-refractivity contribution is 7.13. The van der Waals surface area contributed by atoms with E-state index >= 15 is 0 Å². The van der Waals surface area contributed by atoms with Crippen molar-refractivity contribution in [1.29, 1.82) is 0 Å². The molecular formula is C12H12ClN3O2S. The minimum atomic E-state index is -0.331. The molecule has 100 valence electrons.